The number of carbonyl (C=O) groups is 3. The predicted molar refractivity (Wildman–Crippen MR) is 119 cm³/mol. The van der Waals surface area contributed by atoms with E-state index in [0.717, 1.165) is 18.4 Å². The van der Waals surface area contributed by atoms with E-state index in [1.165, 1.54) is 7.11 Å². The second kappa shape index (κ2) is 8.81. The molecular formula is C22H26N6O4. The molecule has 1 aromatic carbocycles. The summed E-state index contributed by atoms with van der Waals surface area (Å²) >= 11 is 0. The van der Waals surface area contributed by atoms with Crippen molar-refractivity contribution in [2.24, 2.45) is 10.9 Å². The predicted octanol–water partition coefficient (Wildman–Crippen LogP) is 2.28. The van der Waals surface area contributed by atoms with Crippen molar-refractivity contribution in [3.63, 3.8) is 0 Å². The molecule has 0 bridgehead atoms. The van der Waals surface area contributed by atoms with Crippen LogP contribution in [0, 0.1) is 5.92 Å². The van der Waals surface area contributed by atoms with Gasteiger partial charge in [0.15, 0.2) is 0 Å². The summed E-state index contributed by atoms with van der Waals surface area (Å²) < 4.78 is 6.43. The summed E-state index contributed by atoms with van der Waals surface area (Å²) in [7, 11) is 2.95. The first-order valence-electron chi connectivity index (χ1n) is 10.5. The lowest BCUT2D eigenvalue weighted by atomic mass is 10.1. The number of nitrogens with zero attached hydrogens (tertiary/aromatic N) is 4. The first kappa shape index (κ1) is 21.5. The highest BCUT2D eigenvalue weighted by Gasteiger charge is 2.33. The van der Waals surface area contributed by atoms with Crippen molar-refractivity contribution in [2.45, 2.75) is 25.8 Å². The Morgan fingerprint density at radius 2 is 2.09 bits per heavy atom. The SMILES string of the molecule is CN=Cc1ccc(-c2cc3n(n2)[C@@H](C)CN(CNC(=O)C2CC2)C3=O)c(NC(=O)OC)c1. The third-order valence-corrected chi connectivity index (χ3v) is 5.56. The molecular weight excluding hydrogens is 412 g/mol. The number of aromatic nitrogens is 2. The number of anilines is 1. The summed E-state index contributed by atoms with van der Waals surface area (Å²) in [6, 6.07) is 7.08. The Labute approximate surface area is 185 Å². The van der Waals surface area contributed by atoms with Crippen molar-refractivity contribution in [1.82, 2.24) is 20.0 Å². The van der Waals surface area contributed by atoms with E-state index in [9.17, 15) is 14.4 Å². The molecule has 1 aromatic heterocycles. The molecule has 4 rings (SSSR count). The van der Waals surface area contributed by atoms with Gasteiger partial charge >= 0.3 is 6.09 Å². The van der Waals surface area contributed by atoms with E-state index in [1.54, 1.807) is 35.0 Å². The summed E-state index contributed by atoms with van der Waals surface area (Å²) in [6.45, 7) is 2.59. The number of hydrogen-bond donors (Lipinski definition) is 2. The lowest BCUT2D eigenvalue weighted by Gasteiger charge is -2.31. The third kappa shape index (κ3) is 4.34. The van der Waals surface area contributed by atoms with Gasteiger partial charge in [-0.3, -0.25) is 24.6 Å². The number of nitrogens with one attached hydrogen (secondary N) is 2. The lowest BCUT2D eigenvalue weighted by Crippen LogP contribution is -2.48. The van der Waals surface area contributed by atoms with E-state index in [2.05, 4.69) is 20.7 Å². The molecule has 3 amide bonds. The average Bonchev–Trinajstić information content (AvgIpc) is 3.53. The monoisotopic (exact) mass is 438 g/mol. The zero-order valence-corrected chi connectivity index (χ0v) is 18.3. The van der Waals surface area contributed by atoms with E-state index < -0.39 is 6.09 Å². The molecule has 1 aliphatic heterocycles. The zero-order valence-electron chi connectivity index (χ0n) is 18.3. The number of fused-ring (bicyclic) bond motifs is 1. The second-order valence-electron chi connectivity index (χ2n) is 8.02. The van der Waals surface area contributed by atoms with Gasteiger partial charge in [0.05, 0.1) is 31.2 Å². The van der Waals surface area contributed by atoms with Gasteiger partial charge in [0.2, 0.25) is 5.91 Å². The largest absolute Gasteiger partial charge is 0.453 e. The molecule has 0 unspecified atom stereocenters. The van der Waals surface area contributed by atoms with Crippen molar-refractivity contribution in [3.8, 4) is 11.3 Å². The summed E-state index contributed by atoms with van der Waals surface area (Å²) in [4.78, 5) is 42.5. The summed E-state index contributed by atoms with van der Waals surface area (Å²) in [6.07, 6.45) is 2.89. The Morgan fingerprint density at radius 3 is 2.78 bits per heavy atom. The van der Waals surface area contributed by atoms with Gasteiger partial charge in [0.1, 0.15) is 5.69 Å². The number of amides is 3. The van der Waals surface area contributed by atoms with Gasteiger partial charge in [0, 0.05) is 31.3 Å². The molecule has 168 valence electrons. The van der Waals surface area contributed by atoms with Crippen LogP contribution in [0.2, 0.25) is 0 Å². The van der Waals surface area contributed by atoms with Crippen molar-refractivity contribution in [3.05, 3.63) is 35.5 Å². The smallest absolute Gasteiger partial charge is 0.411 e. The minimum Gasteiger partial charge on any atom is -0.453 e. The molecule has 1 aliphatic carbocycles. The third-order valence-electron chi connectivity index (χ3n) is 5.56. The second-order valence-corrected chi connectivity index (χ2v) is 8.02. The highest BCUT2D eigenvalue weighted by molar-refractivity contribution is 5.97. The summed E-state index contributed by atoms with van der Waals surface area (Å²) in [5.74, 6) is -0.111. The van der Waals surface area contributed by atoms with Crippen molar-refractivity contribution < 1.29 is 19.1 Å². The van der Waals surface area contributed by atoms with Crippen LogP contribution in [0.25, 0.3) is 11.3 Å². The van der Waals surface area contributed by atoms with Crippen LogP contribution >= 0.6 is 0 Å². The molecule has 2 aliphatic rings. The normalized spacial score (nSPS) is 17.9. The number of benzene rings is 1. The maximum Gasteiger partial charge on any atom is 0.411 e. The van der Waals surface area contributed by atoms with E-state index in [1.807, 2.05) is 19.1 Å². The fourth-order valence-corrected chi connectivity index (χ4v) is 3.74. The number of hydrogen-bond acceptors (Lipinski definition) is 6. The molecule has 1 atom stereocenters. The fraction of sp³-hybridized carbons (Fsp3) is 0.409. The molecule has 1 saturated carbocycles. The van der Waals surface area contributed by atoms with Crippen molar-refractivity contribution >= 4 is 29.8 Å². The van der Waals surface area contributed by atoms with Gasteiger partial charge in [-0.15, -0.1) is 0 Å². The minimum atomic E-state index is -0.608. The van der Waals surface area contributed by atoms with Crippen LogP contribution in [0.1, 0.15) is 41.9 Å². The molecule has 0 spiro atoms. The standard InChI is InChI=1S/C22H26N6O4/c1-13-11-27(12-24-20(29)15-5-6-15)21(30)19-9-18(26-28(13)19)16-7-4-14(10-23-2)8-17(16)25-22(31)32-3/h4,7-10,13,15H,5-6,11-12H2,1-3H3,(H,24,29)(H,25,31)/t13-/m0/s1. The molecule has 1 fully saturated rings. The van der Waals surface area contributed by atoms with E-state index in [-0.39, 0.29) is 30.4 Å². The Morgan fingerprint density at radius 1 is 1.31 bits per heavy atom. The summed E-state index contributed by atoms with van der Waals surface area (Å²) in [5, 5.41) is 10.2. The van der Waals surface area contributed by atoms with Crippen LogP contribution in [0.4, 0.5) is 10.5 Å². The van der Waals surface area contributed by atoms with Gasteiger partial charge in [0.25, 0.3) is 5.91 Å². The number of methoxy groups -OCH3 is 1. The van der Waals surface area contributed by atoms with Crippen LogP contribution in [-0.2, 0) is 9.53 Å². The van der Waals surface area contributed by atoms with Crippen molar-refractivity contribution in [2.75, 3.05) is 32.7 Å². The van der Waals surface area contributed by atoms with E-state index in [4.69, 9.17) is 4.74 Å². The maximum atomic E-state index is 13.1. The Kier molecular flexibility index (Phi) is 5.93. The Bertz CT molecular complexity index is 1090. The van der Waals surface area contributed by atoms with Gasteiger partial charge in [-0.05, 0) is 43.5 Å². The first-order valence-corrected chi connectivity index (χ1v) is 10.5. The van der Waals surface area contributed by atoms with Gasteiger partial charge < -0.3 is 15.0 Å². The average molecular weight is 438 g/mol. The van der Waals surface area contributed by atoms with Crippen LogP contribution in [0.3, 0.4) is 0 Å². The molecule has 0 saturated heterocycles. The van der Waals surface area contributed by atoms with E-state index in [0.29, 0.717) is 29.2 Å². The molecule has 10 nitrogen and oxygen atoms in total. The Hall–Kier alpha value is -3.69. The molecule has 2 N–H and O–H groups in total. The molecule has 0 radical (unpaired) electrons. The maximum absolute atomic E-state index is 13.1. The topological polar surface area (TPSA) is 118 Å². The highest BCUT2D eigenvalue weighted by Crippen LogP contribution is 2.32. The van der Waals surface area contributed by atoms with Crippen LogP contribution < -0.4 is 10.6 Å². The van der Waals surface area contributed by atoms with Gasteiger partial charge in [-0.2, -0.15) is 5.10 Å². The molecule has 32 heavy (non-hydrogen) atoms. The fourth-order valence-electron chi connectivity index (χ4n) is 3.74. The number of carbonyl (C=O) groups excluding carboxylic acids is 3. The zero-order chi connectivity index (χ0) is 22.8. The van der Waals surface area contributed by atoms with Crippen LogP contribution in [-0.4, -0.2) is 66.2 Å². The highest BCUT2D eigenvalue weighted by atomic mass is 16.5. The minimum absolute atomic E-state index is 0.000502. The lowest BCUT2D eigenvalue weighted by molar-refractivity contribution is -0.122. The van der Waals surface area contributed by atoms with E-state index >= 15 is 0 Å². The molecule has 10 heteroatoms. The van der Waals surface area contributed by atoms with Gasteiger partial charge in [-0.1, -0.05) is 6.07 Å². The number of ether oxygens (including phenoxy) is 1. The van der Waals surface area contributed by atoms with Crippen LogP contribution in [0.5, 0.6) is 0 Å². The summed E-state index contributed by atoms with van der Waals surface area (Å²) in [5.41, 5.74) is 2.93. The Balaban J connectivity index is 1.62. The molecule has 2 heterocycles. The number of aliphatic imine (C=N–C) groups is 1. The molecule has 2 aromatic rings. The number of rotatable bonds is 6. The quantitative estimate of drug-likeness (QED) is 0.671. The first-order chi connectivity index (χ1) is 15.4. The van der Waals surface area contributed by atoms with Crippen LogP contribution in [0.15, 0.2) is 29.3 Å². The van der Waals surface area contributed by atoms with Crippen molar-refractivity contribution in [1.29, 1.82) is 0 Å². The van der Waals surface area contributed by atoms with Gasteiger partial charge in [-0.25, -0.2) is 4.79 Å².